The first-order valence-electron chi connectivity index (χ1n) is 6.67. The van der Waals surface area contributed by atoms with Crippen molar-refractivity contribution in [2.45, 2.75) is 32.8 Å². The molecule has 1 unspecified atom stereocenters. The van der Waals surface area contributed by atoms with Crippen molar-refractivity contribution in [2.75, 3.05) is 26.8 Å². The number of aryl methyl sites for hydroxylation is 3. The van der Waals surface area contributed by atoms with E-state index in [1.54, 1.807) is 7.11 Å². The SMILES string of the molecule is COc1cc(C)c(C)cc1CCC1CNCCO1. The first-order valence-corrected chi connectivity index (χ1v) is 6.67. The first-order chi connectivity index (χ1) is 8.70. The predicted molar refractivity (Wildman–Crippen MR) is 73.4 cm³/mol. The number of hydrogen-bond acceptors (Lipinski definition) is 3. The molecule has 18 heavy (non-hydrogen) atoms. The van der Waals surface area contributed by atoms with Crippen LogP contribution < -0.4 is 10.1 Å². The summed E-state index contributed by atoms with van der Waals surface area (Å²) in [5.41, 5.74) is 3.90. The van der Waals surface area contributed by atoms with E-state index in [0.717, 1.165) is 38.3 Å². The summed E-state index contributed by atoms with van der Waals surface area (Å²) in [6.07, 6.45) is 2.40. The van der Waals surface area contributed by atoms with Crippen molar-refractivity contribution < 1.29 is 9.47 Å². The van der Waals surface area contributed by atoms with E-state index in [2.05, 4.69) is 31.3 Å². The summed E-state index contributed by atoms with van der Waals surface area (Å²) in [7, 11) is 1.74. The van der Waals surface area contributed by atoms with E-state index >= 15 is 0 Å². The fourth-order valence-corrected chi connectivity index (χ4v) is 2.36. The summed E-state index contributed by atoms with van der Waals surface area (Å²) in [6.45, 7) is 7.04. The van der Waals surface area contributed by atoms with Crippen molar-refractivity contribution in [3.05, 3.63) is 28.8 Å². The number of rotatable bonds is 4. The van der Waals surface area contributed by atoms with Gasteiger partial charge in [0.05, 0.1) is 19.8 Å². The van der Waals surface area contributed by atoms with Gasteiger partial charge in [-0.2, -0.15) is 0 Å². The van der Waals surface area contributed by atoms with Crippen LogP contribution in [0.25, 0.3) is 0 Å². The number of nitrogens with one attached hydrogen (secondary N) is 1. The van der Waals surface area contributed by atoms with Gasteiger partial charge in [-0.1, -0.05) is 6.07 Å². The van der Waals surface area contributed by atoms with Crippen LogP contribution in [0.1, 0.15) is 23.1 Å². The summed E-state index contributed by atoms with van der Waals surface area (Å²) in [5, 5.41) is 3.36. The van der Waals surface area contributed by atoms with Crippen molar-refractivity contribution in [1.82, 2.24) is 5.32 Å². The summed E-state index contributed by atoms with van der Waals surface area (Å²) in [4.78, 5) is 0. The minimum Gasteiger partial charge on any atom is -0.496 e. The number of hydrogen-bond donors (Lipinski definition) is 1. The van der Waals surface area contributed by atoms with E-state index in [-0.39, 0.29) is 0 Å². The van der Waals surface area contributed by atoms with Crippen LogP contribution in [0, 0.1) is 13.8 Å². The molecule has 1 aliphatic heterocycles. The topological polar surface area (TPSA) is 30.5 Å². The quantitative estimate of drug-likeness (QED) is 0.887. The summed E-state index contributed by atoms with van der Waals surface area (Å²) in [5.74, 6) is 1.00. The van der Waals surface area contributed by atoms with Crippen LogP contribution in [0.4, 0.5) is 0 Å². The predicted octanol–water partition coefficient (Wildman–Crippen LogP) is 2.23. The second-order valence-electron chi connectivity index (χ2n) is 4.98. The van der Waals surface area contributed by atoms with Gasteiger partial charge in [0.2, 0.25) is 0 Å². The molecule has 1 saturated heterocycles. The molecule has 3 nitrogen and oxygen atoms in total. The second-order valence-corrected chi connectivity index (χ2v) is 4.98. The maximum atomic E-state index is 5.72. The van der Waals surface area contributed by atoms with E-state index < -0.39 is 0 Å². The van der Waals surface area contributed by atoms with E-state index in [1.807, 2.05) is 0 Å². The Morgan fingerprint density at radius 2 is 2.11 bits per heavy atom. The molecule has 0 aliphatic carbocycles. The van der Waals surface area contributed by atoms with Gasteiger partial charge in [-0.25, -0.2) is 0 Å². The maximum absolute atomic E-state index is 5.72. The third kappa shape index (κ3) is 3.24. The molecule has 1 N–H and O–H groups in total. The lowest BCUT2D eigenvalue weighted by atomic mass is 10.00. The Kier molecular flexibility index (Phi) is 4.61. The molecule has 0 saturated carbocycles. The summed E-state index contributed by atoms with van der Waals surface area (Å²) in [6, 6.07) is 4.37. The van der Waals surface area contributed by atoms with Gasteiger partial charge in [-0.05, 0) is 49.4 Å². The Morgan fingerprint density at radius 3 is 2.78 bits per heavy atom. The van der Waals surface area contributed by atoms with Gasteiger partial charge in [-0.3, -0.25) is 0 Å². The first kappa shape index (κ1) is 13.4. The van der Waals surface area contributed by atoms with Crippen LogP contribution in [-0.2, 0) is 11.2 Å². The normalized spacial score (nSPS) is 19.8. The fourth-order valence-electron chi connectivity index (χ4n) is 2.36. The highest BCUT2D eigenvalue weighted by Crippen LogP contribution is 2.25. The van der Waals surface area contributed by atoms with Crippen LogP contribution in [-0.4, -0.2) is 32.9 Å². The minimum absolute atomic E-state index is 0.338. The zero-order valence-electron chi connectivity index (χ0n) is 11.6. The summed E-state index contributed by atoms with van der Waals surface area (Å²) < 4.78 is 11.2. The molecule has 1 aromatic rings. The van der Waals surface area contributed by atoms with Gasteiger partial charge in [-0.15, -0.1) is 0 Å². The zero-order chi connectivity index (χ0) is 13.0. The standard InChI is InChI=1S/C15H23NO2/c1-11-8-13(15(17-3)9-12(11)2)4-5-14-10-16-6-7-18-14/h8-9,14,16H,4-7,10H2,1-3H3. The Morgan fingerprint density at radius 1 is 1.33 bits per heavy atom. The molecule has 1 aliphatic rings. The highest BCUT2D eigenvalue weighted by molar-refractivity contribution is 5.41. The van der Waals surface area contributed by atoms with E-state index in [9.17, 15) is 0 Å². The van der Waals surface area contributed by atoms with Crippen molar-refractivity contribution in [3.63, 3.8) is 0 Å². The van der Waals surface area contributed by atoms with Crippen molar-refractivity contribution in [1.29, 1.82) is 0 Å². The van der Waals surface area contributed by atoms with Gasteiger partial charge in [0.15, 0.2) is 0 Å². The van der Waals surface area contributed by atoms with Crippen molar-refractivity contribution >= 4 is 0 Å². The van der Waals surface area contributed by atoms with Crippen molar-refractivity contribution in [2.24, 2.45) is 0 Å². The lowest BCUT2D eigenvalue weighted by molar-refractivity contribution is 0.0238. The smallest absolute Gasteiger partial charge is 0.122 e. The second kappa shape index (κ2) is 6.21. The third-order valence-electron chi connectivity index (χ3n) is 3.64. The Labute approximate surface area is 109 Å². The lowest BCUT2D eigenvalue weighted by Gasteiger charge is -2.24. The number of benzene rings is 1. The zero-order valence-corrected chi connectivity index (χ0v) is 11.6. The molecule has 0 aromatic heterocycles. The van der Waals surface area contributed by atoms with Crippen LogP contribution >= 0.6 is 0 Å². The molecule has 0 bridgehead atoms. The molecule has 0 radical (unpaired) electrons. The molecule has 0 spiro atoms. The fraction of sp³-hybridized carbons (Fsp3) is 0.600. The molecular weight excluding hydrogens is 226 g/mol. The molecule has 1 atom stereocenters. The largest absolute Gasteiger partial charge is 0.496 e. The van der Waals surface area contributed by atoms with Crippen LogP contribution in [0.5, 0.6) is 5.75 Å². The van der Waals surface area contributed by atoms with E-state index in [1.165, 1.54) is 16.7 Å². The number of morpholine rings is 1. The molecule has 2 rings (SSSR count). The molecule has 1 aromatic carbocycles. The lowest BCUT2D eigenvalue weighted by Crippen LogP contribution is -2.38. The van der Waals surface area contributed by atoms with Crippen LogP contribution in [0.3, 0.4) is 0 Å². The van der Waals surface area contributed by atoms with Gasteiger partial charge >= 0.3 is 0 Å². The van der Waals surface area contributed by atoms with Gasteiger partial charge < -0.3 is 14.8 Å². The molecule has 1 fully saturated rings. The third-order valence-corrected chi connectivity index (χ3v) is 3.64. The average molecular weight is 249 g/mol. The molecule has 1 heterocycles. The number of methoxy groups -OCH3 is 1. The Hall–Kier alpha value is -1.06. The van der Waals surface area contributed by atoms with Crippen LogP contribution in [0.2, 0.25) is 0 Å². The summed E-state index contributed by atoms with van der Waals surface area (Å²) >= 11 is 0. The molecule has 100 valence electrons. The highest BCUT2D eigenvalue weighted by atomic mass is 16.5. The van der Waals surface area contributed by atoms with Crippen molar-refractivity contribution in [3.8, 4) is 5.75 Å². The highest BCUT2D eigenvalue weighted by Gasteiger charge is 2.14. The molecule has 3 heteroatoms. The van der Waals surface area contributed by atoms with E-state index in [4.69, 9.17) is 9.47 Å². The Balaban J connectivity index is 2.01. The molecule has 0 amide bonds. The van der Waals surface area contributed by atoms with E-state index in [0.29, 0.717) is 6.10 Å². The van der Waals surface area contributed by atoms with Gasteiger partial charge in [0.25, 0.3) is 0 Å². The minimum atomic E-state index is 0.338. The Bertz CT molecular complexity index is 398. The van der Waals surface area contributed by atoms with Gasteiger partial charge in [0, 0.05) is 13.1 Å². The van der Waals surface area contributed by atoms with Gasteiger partial charge in [0.1, 0.15) is 5.75 Å². The number of ether oxygens (including phenoxy) is 2. The molecular formula is C15H23NO2. The maximum Gasteiger partial charge on any atom is 0.122 e. The average Bonchev–Trinajstić information content (AvgIpc) is 2.41. The monoisotopic (exact) mass is 249 g/mol. The van der Waals surface area contributed by atoms with Crippen LogP contribution in [0.15, 0.2) is 12.1 Å².